The summed E-state index contributed by atoms with van der Waals surface area (Å²) in [5.74, 6) is 1.83. The summed E-state index contributed by atoms with van der Waals surface area (Å²) in [4.78, 5) is 14.7. The number of hydrogen-bond donors (Lipinski definition) is 0. The Bertz CT molecular complexity index is 3030. The summed E-state index contributed by atoms with van der Waals surface area (Å²) in [5.41, 5.74) is 9.33. The number of hydrogen-bond acceptors (Lipinski definition) is 5. The summed E-state index contributed by atoms with van der Waals surface area (Å²) in [6.45, 7) is 0. The number of rotatable bonds is 4. The van der Waals surface area contributed by atoms with E-state index >= 15 is 0 Å². The first-order valence-electron chi connectivity index (χ1n) is 16.9. The SMILES string of the molecule is c1ccc(-c2nc(-c3ccccc3)nc(-c3ccc4c(c3)oc3cc5c(cc34)oc3cc(-n4c6ccccc6c6ccccc64)ccc35)n2)cc1. The van der Waals surface area contributed by atoms with Gasteiger partial charge in [0.25, 0.3) is 0 Å². The molecule has 11 aromatic rings. The molecule has 0 bridgehead atoms. The number of para-hydroxylation sites is 2. The van der Waals surface area contributed by atoms with Gasteiger partial charge in [-0.05, 0) is 48.5 Å². The maximum Gasteiger partial charge on any atom is 0.164 e. The molecule has 11 rings (SSSR count). The maximum absolute atomic E-state index is 6.56. The number of furan rings is 2. The first-order chi connectivity index (χ1) is 25.2. The molecule has 4 aromatic heterocycles. The second-order valence-electron chi connectivity index (χ2n) is 12.8. The summed E-state index contributed by atoms with van der Waals surface area (Å²) >= 11 is 0. The average molecular weight is 655 g/mol. The van der Waals surface area contributed by atoms with Crippen LogP contribution in [0.2, 0.25) is 0 Å². The van der Waals surface area contributed by atoms with Gasteiger partial charge in [0, 0.05) is 60.8 Å². The zero-order valence-electron chi connectivity index (χ0n) is 27.1. The van der Waals surface area contributed by atoms with E-state index in [4.69, 9.17) is 23.8 Å². The van der Waals surface area contributed by atoms with Gasteiger partial charge in [-0.1, -0.05) is 103 Å². The average Bonchev–Trinajstić information content (AvgIpc) is 3.85. The molecule has 0 saturated carbocycles. The molecular formula is C45H26N4O2. The van der Waals surface area contributed by atoms with Gasteiger partial charge in [-0.2, -0.15) is 0 Å². The van der Waals surface area contributed by atoms with Crippen molar-refractivity contribution in [1.29, 1.82) is 0 Å². The van der Waals surface area contributed by atoms with Gasteiger partial charge in [-0.3, -0.25) is 0 Å². The van der Waals surface area contributed by atoms with E-state index < -0.39 is 0 Å². The highest BCUT2D eigenvalue weighted by Crippen LogP contribution is 2.39. The lowest BCUT2D eigenvalue weighted by Gasteiger charge is -2.08. The van der Waals surface area contributed by atoms with Gasteiger partial charge >= 0.3 is 0 Å². The van der Waals surface area contributed by atoms with E-state index in [0.29, 0.717) is 17.5 Å². The van der Waals surface area contributed by atoms with Gasteiger partial charge in [-0.25, -0.2) is 15.0 Å². The van der Waals surface area contributed by atoms with Crippen LogP contribution in [0.5, 0.6) is 0 Å². The highest BCUT2D eigenvalue weighted by Gasteiger charge is 2.18. The van der Waals surface area contributed by atoms with Crippen LogP contribution in [0, 0.1) is 0 Å². The third-order valence-electron chi connectivity index (χ3n) is 9.84. The van der Waals surface area contributed by atoms with Gasteiger partial charge in [0.2, 0.25) is 0 Å². The molecule has 0 N–H and O–H groups in total. The molecule has 7 aromatic carbocycles. The molecule has 0 atom stereocenters. The summed E-state index contributed by atoms with van der Waals surface area (Å²) in [6, 6.07) is 53.9. The predicted molar refractivity (Wildman–Crippen MR) is 205 cm³/mol. The highest BCUT2D eigenvalue weighted by atomic mass is 16.3. The second kappa shape index (κ2) is 10.7. The van der Waals surface area contributed by atoms with Crippen LogP contribution in [0.1, 0.15) is 0 Å². The molecular weight excluding hydrogens is 629 g/mol. The zero-order valence-corrected chi connectivity index (χ0v) is 27.1. The molecule has 0 radical (unpaired) electrons. The van der Waals surface area contributed by atoms with Crippen molar-refractivity contribution < 1.29 is 8.83 Å². The molecule has 6 nitrogen and oxygen atoms in total. The largest absolute Gasteiger partial charge is 0.456 e. The highest BCUT2D eigenvalue weighted by molar-refractivity contribution is 6.15. The van der Waals surface area contributed by atoms with E-state index in [9.17, 15) is 0 Å². The maximum atomic E-state index is 6.56. The fourth-order valence-electron chi connectivity index (χ4n) is 7.45. The Morgan fingerprint density at radius 3 is 1.35 bits per heavy atom. The molecule has 51 heavy (non-hydrogen) atoms. The molecule has 0 aliphatic rings. The van der Waals surface area contributed by atoms with Gasteiger partial charge in [0.05, 0.1) is 11.0 Å². The lowest BCUT2D eigenvalue weighted by Crippen LogP contribution is -2.00. The van der Waals surface area contributed by atoms with Crippen LogP contribution in [0.25, 0.3) is 106 Å². The molecule has 0 unspecified atom stereocenters. The van der Waals surface area contributed by atoms with Crippen LogP contribution in [0.4, 0.5) is 0 Å². The van der Waals surface area contributed by atoms with Crippen molar-refractivity contribution in [2.45, 2.75) is 0 Å². The minimum Gasteiger partial charge on any atom is -0.456 e. The summed E-state index contributed by atoms with van der Waals surface area (Å²) < 4.78 is 15.4. The van der Waals surface area contributed by atoms with E-state index in [0.717, 1.165) is 66.3 Å². The van der Waals surface area contributed by atoms with Gasteiger partial charge in [0.15, 0.2) is 17.5 Å². The second-order valence-corrected chi connectivity index (χ2v) is 12.8. The van der Waals surface area contributed by atoms with Crippen LogP contribution >= 0.6 is 0 Å². The fourth-order valence-corrected chi connectivity index (χ4v) is 7.45. The van der Waals surface area contributed by atoms with Crippen molar-refractivity contribution in [3.8, 4) is 39.9 Å². The molecule has 0 amide bonds. The van der Waals surface area contributed by atoms with Crippen LogP contribution in [-0.4, -0.2) is 19.5 Å². The van der Waals surface area contributed by atoms with E-state index in [-0.39, 0.29) is 0 Å². The zero-order chi connectivity index (χ0) is 33.5. The Morgan fingerprint density at radius 2 is 0.784 bits per heavy atom. The lowest BCUT2D eigenvalue weighted by molar-refractivity contribution is 0.664. The number of fused-ring (bicyclic) bond motifs is 9. The first kappa shape index (κ1) is 27.9. The fraction of sp³-hybridized carbons (Fsp3) is 0. The van der Waals surface area contributed by atoms with E-state index in [1.54, 1.807) is 0 Å². The number of benzene rings is 7. The van der Waals surface area contributed by atoms with Crippen LogP contribution in [0.15, 0.2) is 167 Å². The van der Waals surface area contributed by atoms with Crippen LogP contribution in [-0.2, 0) is 0 Å². The quantitative estimate of drug-likeness (QED) is 0.189. The summed E-state index contributed by atoms with van der Waals surface area (Å²) in [6.07, 6.45) is 0. The van der Waals surface area contributed by atoms with Gasteiger partial charge < -0.3 is 13.4 Å². The van der Waals surface area contributed by atoms with E-state index in [1.807, 2.05) is 66.7 Å². The number of aromatic nitrogens is 4. The van der Waals surface area contributed by atoms with Crippen molar-refractivity contribution in [2.24, 2.45) is 0 Å². The van der Waals surface area contributed by atoms with Crippen LogP contribution < -0.4 is 0 Å². The third-order valence-corrected chi connectivity index (χ3v) is 9.84. The molecule has 6 heteroatoms. The van der Waals surface area contributed by atoms with Gasteiger partial charge in [-0.15, -0.1) is 0 Å². The number of nitrogens with zero attached hydrogens (tertiary/aromatic N) is 4. The standard InChI is InChI=1S/C45H26N4O2/c1-3-11-27(12-4-1)43-46-44(28-13-5-2-6-14-28)48-45(47-43)29-19-21-33-35-25-42-36(26-41(35)50-39(33)23-29)34-22-20-30(24-40(34)51-42)49-37-17-9-7-15-31(37)32-16-8-10-18-38(32)49/h1-26H. The Kier molecular flexibility index (Phi) is 5.86. The Balaban J connectivity index is 1.03. The summed E-state index contributed by atoms with van der Waals surface area (Å²) in [5, 5.41) is 6.53. The van der Waals surface area contributed by atoms with Crippen LogP contribution in [0.3, 0.4) is 0 Å². The molecule has 4 heterocycles. The normalized spacial score (nSPS) is 11.9. The Hall–Kier alpha value is -7.05. The van der Waals surface area contributed by atoms with E-state index in [1.165, 1.54) is 21.8 Å². The van der Waals surface area contributed by atoms with Crippen molar-refractivity contribution in [3.05, 3.63) is 158 Å². The monoisotopic (exact) mass is 654 g/mol. The Morgan fingerprint density at radius 1 is 0.333 bits per heavy atom. The molecule has 0 spiro atoms. The van der Waals surface area contributed by atoms with Crippen molar-refractivity contribution in [2.75, 3.05) is 0 Å². The van der Waals surface area contributed by atoms with Crippen molar-refractivity contribution >= 4 is 65.7 Å². The minimum absolute atomic E-state index is 0.587. The van der Waals surface area contributed by atoms with Crippen molar-refractivity contribution in [3.63, 3.8) is 0 Å². The predicted octanol–water partition coefficient (Wildman–Crippen LogP) is 11.8. The first-order valence-corrected chi connectivity index (χ1v) is 16.9. The van der Waals surface area contributed by atoms with E-state index in [2.05, 4.69) is 95.6 Å². The smallest absolute Gasteiger partial charge is 0.164 e. The van der Waals surface area contributed by atoms with Crippen molar-refractivity contribution in [1.82, 2.24) is 19.5 Å². The third kappa shape index (κ3) is 4.33. The van der Waals surface area contributed by atoms with Gasteiger partial charge in [0.1, 0.15) is 22.3 Å². The molecule has 0 saturated heterocycles. The lowest BCUT2D eigenvalue weighted by atomic mass is 10.1. The molecule has 0 aliphatic carbocycles. The topological polar surface area (TPSA) is 69.9 Å². The Labute approximate surface area is 290 Å². The molecule has 0 fully saturated rings. The minimum atomic E-state index is 0.587. The molecule has 0 aliphatic heterocycles. The summed E-state index contributed by atoms with van der Waals surface area (Å²) in [7, 11) is 0. The molecule has 238 valence electrons.